The molecule has 1 aliphatic heterocycles. The summed E-state index contributed by atoms with van der Waals surface area (Å²) in [7, 11) is -3.52. The summed E-state index contributed by atoms with van der Waals surface area (Å²) in [5, 5.41) is 9.88. The average Bonchev–Trinajstić information content (AvgIpc) is 2.63. The van der Waals surface area contributed by atoms with E-state index in [1.807, 2.05) is 6.07 Å². The van der Waals surface area contributed by atoms with Crippen molar-refractivity contribution in [1.29, 1.82) is 0 Å². The number of hydrogen-bond donors (Lipinski definition) is 1. The summed E-state index contributed by atoms with van der Waals surface area (Å²) >= 11 is 3.29. The van der Waals surface area contributed by atoms with Crippen molar-refractivity contribution < 1.29 is 13.5 Å². The minimum absolute atomic E-state index is 0.154. The van der Waals surface area contributed by atoms with E-state index in [0.29, 0.717) is 23.4 Å². The zero-order valence-corrected chi connectivity index (χ0v) is 12.8. The third-order valence-electron chi connectivity index (χ3n) is 3.18. The summed E-state index contributed by atoms with van der Waals surface area (Å²) in [6.07, 6.45) is 0.472. The molecule has 0 saturated carbocycles. The highest BCUT2D eigenvalue weighted by atomic mass is 79.9. The average molecular weight is 334 g/mol. The number of sulfonamides is 1. The van der Waals surface area contributed by atoms with Crippen LogP contribution in [0.3, 0.4) is 0 Å². The van der Waals surface area contributed by atoms with Gasteiger partial charge in [-0.3, -0.25) is 0 Å². The van der Waals surface area contributed by atoms with Crippen molar-refractivity contribution in [3.8, 4) is 0 Å². The monoisotopic (exact) mass is 333 g/mol. The van der Waals surface area contributed by atoms with E-state index in [0.717, 1.165) is 4.47 Å². The van der Waals surface area contributed by atoms with Crippen LogP contribution in [-0.2, 0) is 10.0 Å². The van der Waals surface area contributed by atoms with E-state index in [-0.39, 0.29) is 6.54 Å². The first kappa shape index (κ1) is 14.0. The second-order valence-electron chi connectivity index (χ2n) is 5.00. The molecule has 1 unspecified atom stereocenters. The third kappa shape index (κ3) is 2.61. The lowest BCUT2D eigenvalue weighted by Crippen LogP contribution is -2.34. The van der Waals surface area contributed by atoms with Crippen LogP contribution in [0.2, 0.25) is 0 Å². The first-order valence-corrected chi connectivity index (χ1v) is 7.94. The van der Waals surface area contributed by atoms with Crippen LogP contribution in [0, 0.1) is 6.92 Å². The fourth-order valence-electron chi connectivity index (χ4n) is 2.10. The van der Waals surface area contributed by atoms with Gasteiger partial charge in [-0.05, 0) is 38.0 Å². The molecule has 6 heteroatoms. The zero-order chi connectivity index (χ0) is 13.6. The summed E-state index contributed by atoms with van der Waals surface area (Å²) < 4.78 is 27.1. The number of benzene rings is 1. The fraction of sp³-hybridized carbons (Fsp3) is 0.500. The molecule has 1 aromatic rings. The summed E-state index contributed by atoms with van der Waals surface area (Å²) in [5.74, 6) is 0. The van der Waals surface area contributed by atoms with E-state index in [1.54, 1.807) is 26.0 Å². The molecule has 1 heterocycles. The van der Waals surface area contributed by atoms with Crippen molar-refractivity contribution in [2.24, 2.45) is 0 Å². The highest BCUT2D eigenvalue weighted by molar-refractivity contribution is 9.10. The van der Waals surface area contributed by atoms with Crippen molar-refractivity contribution in [3.05, 3.63) is 28.2 Å². The van der Waals surface area contributed by atoms with E-state index in [2.05, 4.69) is 15.9 Å². The molecule has 1 atom stereocenters. The van der Waals surface area contributed by atoms with Crippen molar-refractivity contribution in [2.45, 2.75) is 30.8 Å². The Kier molecular flexibility index (Phi) is 3.57. The topological polar surface area (TPSA) is 57.6 Å². The number of aliphatic hydroxyl groups is 1. The molecule has 0 radical (unpaired) electrons. The van der Waals surface area contributed by atoms with Gasteiger partial charge in [0.2, 0.25) is 10.0 Å². The number of hydrogen-bond acceptors (Lipinski definition) is 3. The number of rotatable bonds is 2. The van der Waals surface area contributed by atoms with Crippen LogP contribution in [0.1, 0.15) is 18.9 Å². The molecule has 2 rings (SSSR count). The number of halogens is 1. The molecule has 0 amide bonds. The predicted octanol–water partition coefficient (Wildman–Crippen LogP) is 1.90. The molecule has 4 nitrogen and oxygen atoms in total. The van der Waals surface area contributed by atoms with Gasteiger partial charge in [-0.15, -0.1) is 0 Å². The lowest BCUT2D eigenvalue weighted by atomic mass is 10.1. The second-order valence-corrected chi connectivity index (χ2v) is 7.82. The van der Waals surface area contributed by atoms with Crippen molar-refractivity contribution in [3.63, 3.8) is 0 Å². The molecule has 0 bridgehead atoms. The molecule has 0 spiro atoms. The lowest BCUT2D eigenvalue weighted by molar-refractivity contribution is 0.0762. The smallest absolute Gasteiger partial charge is 0.243 e. The third-order valence-corrected chi connectivity index (χ3v) is 5.67. The lowest BCUT2D eigenvalue weighted by Gasteiger charge is -2.20. The summed E-state index contributed by atoms with van der Waals surface area (Å²) in [6.45, 7) is 3.95. The summed E-state index contributed by atoms with van der Waals surface area (Å²) in [4.78, 5) is 0.301. The zero-order valence-electron chi connectivity index (χ0n) is 10.4. The predicted molar refractivity (Wildman–Crippen MR) is 72.9 cm³/mol. The molecule has 1 saturated heterocycles. The van der Waals surface area contributed by atoms with E-state index < -0.39 is 15.6 Å². The van der Waals surface area contributed by atoms with Gasteiger partial charge in [-0.25, -0.2) is 8.42 Å². The Morgan fingerprint density at radius 3 is 2.67 bits per heavy atom. The maximum absolute atomic E-state index is 12.5. The Morgan fingerprint density at radius 2 is 2.11 bits per heavy atom. The quantitative estimate of drug-likeness (QED) is 0.899. The Balaban J connectivity index is 2.40. The number of β-amino-alcohol motifs (C(OH)–C–C–N with tert-alkyl or cyclic N) is 1. The minimum Gasteiger partial charge on any atom is -0.389 e. The van der Waals surface area contributed by atoms with Gasteiger partial charge in [-0.2, -0.15) is 4.31 Å². The molecule has 1 fully saturated rings. The highest BCUT2D eigenvalue weighted by Crippen LogP contribution is 2.29. The first-order valence-electron chi connectivity index (χ1n) is 5.71. The largest absolute Gasteiger partial charge is 0.389 e. The maximum atomic E-state index is 12.5. The van der Waals surface area contributed by atoms with Crippen LogP contribution in [0.5, 0.6) is 0 Å². The van der Waals surface area contributed by atoms with Gasteiger partial charge in [-0.1, -0.05) is 22.0 Å². The molecule has 100 valence electrons. The van der Waals surface area contributed by atoms with Crippen LogP contribution in [0.4, 0.5) is 0 Å². The normalized spacial score (nSPS) is 25.6. The highest BCUT2D eigenvalue weighted by Gasteiger charge is 2.38. The van der Waals surface area contributed by atoms with Gasteiger partial charge in [0.15, 0.2) is 0 Å². The molecule has 1 aromatic carbocycles. The van der Waals surface area contributed by atoms with E-state index in [9.17, 15) is 13.5 Å². The maximum Gasteiger partial charge on any atom is 0.243 e. The molecule has 0 aromatic heterocycles. The van der Waals surface area contributed by atoms with Gasteiger partial charge < -0.3 is 5.11 Å². The Hall–Kier alpha value is -0.430. The Morgan fingerprint density at radius 1 is 1.44 bits per heavy atom. The Labute approximate surface area is 116 Å². The standard InChI is InChI=1S/C12H16BrNO3S/c1-9-3-4-10(13)7-11(9)18(16,17)14-6-5-12(2,15)8-14/h3-4,7,15H,5-6,8H2,1-2H3. The molecule has 0 aliphatic carbocycles. The van der Waals surface area contributed by atoms with E-state index in [1.165, 1.54) is 4.31 Å². The van der Waals surface area contributed by atoms with Crippen LogP contribution in [0.25, 0.3) is 0 Å². The van der Waals surface area contributed by atoms with Gasteiger partial charge in [0.25, 0.3) is 0 Å². The molecule has 1 aliphatic rings. The van der Waals surface area contributed by atoms with Crippen molar-refractivity contribution in [1.82, 2.24) is 4.31 Å². The van der Waals surface area contributed by atoms with E-state index in [4.69, 9.17) is 0 Å². The Bertz CT molecular complexity index is 569. The van der Waals surface area contributed by atoms with Crippen molar-refractivity contribution >= 4 is 26.0 Å². The molecular weight excluding hydrogens is 318 g/mol. The van der Waals surface area contributed by atoms with Gasteiger partial charge in [0.1, 0.15) is 0 Å². The fourth-order valence-corrected chi connectivity index (χ4v) is 4.42. The summed E-state index contributed by atoms with van der Waals surface area (Å²) in [5.41, 5.74) is -0.211. The van der Waals surface area contributed by atoms with Gasteiger partial charge in [0, 0.05) is 17.6 Å². The number of aryl methyl sites for hydroxylation is 1. The van der Waals surface area contributed by atoms with Gasteiger partial charge >= 0.3 is 0 Å². The SMILES string of the molecule is Cc1ccc(Br)cc1S(=O)(=O)N1CCC(C)(O)C1. The van der Waals surface area contributed by atoms with E-state index >= 15 is 0 Å². The number of nitrogens with zero attached hydrogens (tertiary/aromatic N) is 1. The first-order chi connectivity index (χ1) is 8.22. The van der Waals surface area contributed by atoms with Crippen LogP contribution < -0.4 is 0 Å². The van der Waals surface area contributed by atoms with Crippen LogP contribution in [0.15, 0.2) is 27.6 Å². The van der Waals surface area contributed by atoms with Crippen molar-refractivity contribution in [2.75, 3.05) is 13.1 Å². The molecule has 1 N–H and O–H groups in total. The van der Waals surface area contributed by atoms with Gasteiger partial charge in [0.05, 0.1) is 10.5 Å². The minimum atomic E-state index is -3.52. The van der Waals surface area contributed by atoms with Crippen LogP contribution >= 0.6 is 15.9 Å². The summed E-state index contributed by atoms with van der Waals surface area (Å²) in [6, 6.07) is 5.19. The molecule has 18 heavy (non-hydrogen) atoms. The van der Waals surface area contributed by atoms with Crippen LogP contribution in [-0.4, -0.2) is 36.5 Å². The second kappa shape index (κ2) is 4.59. The molecular formula is C12H16BrNO3S.